The minimum Gasteiger partial charge on any atom is -0.490 e. The molecule has 0 spiro atoms. The van der Waals surface area contributed by atoms with Gasteiger partial charge in [0.05, 0.1) is 24.2 Å². The molecule has 9 heteroatoms. The summed E-state index contributed by atoms with van der Waals surface area (Å²) in [4.78, 5) is 14.2. The molecule has 0 fully saturated rings. The van der Waals surface area contributed by atoms with Crippen molar-refractivity contribution in [2.24, 2.45) is 0 Å². The zero-order valence-electron chi connectivity index (χ0n) is 16.9. The molecule has 0 radical (unpaired) electrons. The summed E-state index contributed by atoms with van der Waals surface area (Å²) < 4.78 is 38.8. The number of benzene rings is 2. The molecule has 0 saturated carbocycles. The maximum atomic E-state index is 12.6. The van der Waals surface area contributed by atoms with Crippen LogP contribution in [0.15, 0.2) is 47.4 Å². The number of fused-ring (bicyclic) bond motifs is 1. The van der Waals surface area contributed by atoms with Crippen molar-refractivity contribution >= 4 is 27.5 Å². The zero-order chi connectivity index (χ0) is 21.7. The van der Waals surface area contributed by atoms with Crippen molar-refractivity contribution in [2.45, 2.75) is 30.7 Å². The maximum absolute atomic E-state index is 12.6. The molecule has 1 N–H and O–H groups in total. The summed E-state index contributed by atoms with van der Waals surface area (Å²) >= 11 is 6.02. The van der Waals surface area contributed by atoms with Gasteiger partial charge in [-0.1, -0.05) is 23.7 Å². The van der Waals surface area contributed by atoms with Gasteiger partial charge in [0.1, 0.15) is 0 Å². The van der Waals surface area contributed by atoms with E-state index < -0.39 is 10.0 Å². The molecule has 1 heterocycles. The third-order valence-electron chi connectivity index (χ3n) is 4.97. The molecule has 1 aliphatic rings. The lowest BCUT2D eigenvalue weighted by atomic mass is 10.1. The van der Waals surface area contributed by atoms with E-state index in [0.29, 0.717) is 29.7 Å². The van der Waals surface area contributed by atoms with E-state index in [4.69, 9.17) is 21.1 Å². The van der Waals surface area contributed by atoms with Gasteiger partial charge in [0.2, 0.25) is 15.9 Å². The standard InChI is InChI=1S/C21H25ClN2O5S/c1-15(16-5-3-6-17(22)13-16)24(2)21(25)9-10-23-30(26,27)18-7-8-19-20(14-18)29-12-4-11-28-19/h3,5-8,13-15,23H,4,9-12H2,1-2H3. The monoisotopic (exact) mass is 452 g/mol. The molecule has 1 amide bonds. The van der Waals surface area contributed by atoms with Crippen LogP contribution >= 0.6 is 11.6 Å². The van der Waals surface area contributed by atoms with Crippen molar-refractivity contribution in [3.05, 3.63) is 53.1 Å². The summed E-state index contributed by atoms with van der Waals surface area (Å²) in [5, 5.41) is 0.600. The summed E-state index contributed by atoms with van der Waals surface area (Å²) in [5.74, 6) is 0.753. The van der Waals surface area contributed by atoms with E-state index in [0.717, 1.165) is 12.0 Å². The number of rotatable bonds is 7. The van der Waals surface area contributed by atoms with Gasteiger partial charge in [-0.05, 0) is 36.8 Å². The molecule has 30 heavy (non-hydrogen) atoms. The lowest BCUT2D eigenvalue weighted by Gasteiger charge is -2.25. The predicted molar refractivity (Wildman–Crippen MR) is 114 cm³/mol. The van der Waals surface area contributed by atoms with Crippen LogP contribution in [0.25, 0.3) is 0 Å². The quantitative estimate of drug-likeness (QED) is 0.696. The first-order valence-electron chi connectivity index (χ1n) is 9.68. The Labute approximate surface area is 182 Å². The first-order chi connectivity index (χ1) is 14.3. The molecule has 0 aliphatic carbocycles. The van der Waals surface area contributed by atoms with Gasteiger partial charge in [0, 0.05) is 37.5 Å². The number of carbonyl (C=O) groups excluding carboxylic acids is 1. The maximum Gasteiger partial charge on any atom is 0.240 e. The van der Waals surface area contributed by atoms with Crippen LogP contribution in [0.2, 0.25) is 5.02 Å². The van der Waals surface area contributed by atoms with Gasteiger partial charge in [-0.25, -0.2) is 13.1 Å². The van der Waals surface area contributed by atoms with E-state index in [2.05, 4.69) is 4.72 Å². The highest BCUT2D eigenvalue weighted by Gasteiger charge is 2.21. The van der Waals surface area contributed by atoms with E-state index in [-0.39, 0.29) is 29.8 Å². The van der Waals surface area contributed by atoms with Gasteiger partial charge in [-0.3, -0.25) is 4.79 Å². The van der Waals surface area contributed by atoms with Crippen molar-refractivity contribution < 1.29 is 22.7 Å². The van der Waals surface area contributed by atoms with Gasteiger partial charge >= 0.3 is 0 Å². The van der Waals surface area contributed by atoms with Crippen LogP contribution in [-0.4, -0.2) is 46.0 Å². The Balaban J connectivity index is 1.58. The fourth-order valence-electron chi connectivity index (χ4n) is 3.07. The highest BCUT2D eigenvalue weighted by atomic mass is 35.5. The first-order valence-corrected chi connectivity index (χ1v) is 11.5. The second-order valence-electron chi connectivity index (χ2n) is 7.04. The molecule has 0 bridgehead atoms. The van der Waals surface area contributed by atoms with Crippen LogP contribution < -0.4 is 14.2 Å². The first kappa shape index (κ1) is 22.4. The number of nitrogens with one attached hydrogen (secondary N) is 1. The highest BCUT2D eigenvalue weighted by molar-refractivity contribution is 7.89. The van der Waals surface area contributed by atoms with Crippen molar-refractivity contribution in [3.63, 3.8) is 0 Å². The molecule has 1 aliphatic heterocycles. The van der Waals surface area contributed by atoms with Crippen molar-refractivity contribution in [1.29, 1.82) is 0 Å². The minimum atomic E-state index is -3.78. The molecular formula is C21H25ClN2O5S. The van der Waals surface area contributed by atoms with E-state index in [1.807, 2.05) is 25.1 Å². The van der Waals surface area contributed by atoms with E-state index >= 15 is 0 Å². The largest absolute Gasteiger partial charge is 0.490 e. The fraction of sp³-hybridized carbons (Fsp3) is 0.381. The average molecular weight is 453 g/mol. The van der Waals surface area contributed by atoms with E-state index in [1.54, 1.807) is 24.1 Å². The molecule has 0 aromatic heterocycles. The number of hydrogen-bond donors (Lipinski definition) is 1. The minimum absolute atomic E-state index is 0.0117. The topological polar surface area (TPSA) is 84.9 Å². The molecular weight excluding hydrogens is 428 g/mol. The predicted octanol–water partition coefficient (Wildman–Crippen LogP) is 3.39. The fourth-order valence-corrected chi connectivity index (χ4v) is 4.31. The van der Waals surface area contributed by atoms with Crippen molar-refractivity contribution in [2.75, 3.05) is 26.8 Å². The number of sulfonamides is 1. The van der Waals surface area contributed by atoms with Crippen LogP contribution in [0.5, 0.6) is 11.5 Å². The Kier molecular flexibility index (Phi) is 7.23. The summed E-state index contributed by atoms with van der Waals surface area (Å²) in [7, 11) is -2.09. The second kappa shape index (κ2) is 9.68. The van der Waals surface area contributed by atoms with Gasteiger partial charge in [-0.2, -0.15) is 0 Å². The van der Waals surface area contributed by atoms with Gasteiger partial charge in [-0.15, -0.1) is 0 Å². The zero-order valence-corrected chi connectivity index (χ0v) is 18.5. The van der Waals surface area contributed by atoms with E-state index in [1.165, 1.54) is 12.1 Å². The van der Waals surface area contributed by atoms with Crippen LogP contribution in [0.1, 0.15) is 31.4 Å². The third-order valence-corrected chi connectivity index (χ3v) is 6.66. The Bertz CT molecular complexity index is 1010. The lowest BCUT2D eigenvalue weighted by Crippen LogP contribution is -2.33. The Morgan fingerprint density at radius 3 is 2.63 bits per heavy atom. The molecule has 2 aromatic rings. The SMILES string of the molecule is CC(c1cccc(Cl)c1)N(C)C(=O)CCNS(=O)(=O)c1ccc2c(c1)OCCCO2. The summed E-state index contributed by atoms with van der Waals surface area (Å²) in [5.41, 5.74) is 0.908. The Hall–Kier alpha value is -2.29. The van der Waals surface area contributed by atoms with E-state index in [9.17, 15) is 13.2 Å². The van der Waals surface area contributed by atoms with Gasteiger partial charge in [0.15, 0.2) is 11.5 Å². The lowest BCUT2D eigenvalue weighted by molar-refractivity contribution is -0.131. The number of amides is 1. The summed E-state index contributed by atoms with van der Waals surface area (Å²) in [6.07, 6.45) is 0.767. The van der Waals surface area contributed by atoms with Gasteiger partial charge < -0.3 is 14.4 Å². The molecule has 3 rings (SSSR count). The Morgan fingerprint density at radius 2 is 1.90 bits per heavy atom. The Morgan fingerprint density at radius 1 is 1.17 bits per heavy atom. The molecule has 2 aromatic carbocycles. The van der Waals surface area contributed by atoms with Gasteiger partial charge in [0.25, 0.3) is 0 Å². The van der Waals surface area contributed by atoms with Crippen LogP contribution in [-0.2, 0) is 14.8 Å². The van der Waals surface area contributed by atoms with Crippen LogP contribution in [0, 0.1) is 0 Å². The van der Waals surface area contributed by atoms with Crippen molar-refractivity contribution in [3.8, 4) is 11.5 Å². The smallest absolute Gasteiger partial charge is 0.240 e. The number of hydrogen-bond acceptors (Lipinski definition) is 5. The molecule has 1 atom stereocenters. The number of carbonyl (C=O) groups is 1. The summed E-state index contributed by atoms with van der Waals surface area (Å²) in [6, 6.07) is 11.6. The molecule has 0 saturated heterocycles. The molecule has 1 unspecified atom stereocenters. The van der Waals surface area contributed by atoms with Crippen molar-refractivity contribution in [1.82, 2.24) is 9.62 Å². The molecule has 162 valence electrons. The summed E-state index contributed by atoms with van der Waals surface area (Å²) in [6.45, 7) is 2.88. The third kappa shape index (κ3) is 5.44. The average Bonchev–Trinajstić information content (AvgIpc) is 2.97. The second-order valence-corrected chi connectivity index (χ2v) is 9.25. The number of ether oxygens (including phenoxy) is 2. The normalized spacial score (nSPS) is 14.6. The highest BCUT2D eigenvalue weighted by Crippen LogP contribution is 2.31. The van der Waals surface area contributed by atoms with Crippen LogP contribution in [0.3, 0.4) is 0 Å². The number of halogens is 1. The molecule has 7 nitrogen and oxygen atoms in total. The van der Waals surface area contributed by atoms with Crippen LogP contribution in [0.4, 0.5) is 0 Å². The number of nitrogens with zero attached hydrogens (tertiary/aromatic N) is 1.